The van der Waals surface area contributed by atoms with Crippen LogP contribution in [0, 0.1) is 5.82 Å². The summed E-state index contributed by atoms with van der Waals surface area (Å²) in [6.45, 7) is 1.84. The normalized spacial score (nSPS) is 12.0. The SMILES string of the molecule is COc1ccc(COc2ccc([C@@H](C)O)cc2)c(F)c1. The first-order valence-electron chi connectivity index (χ1n) is 6.33. The van der Waals surface area contributed by atoms with E-state index in [0.29, 0.717) is 17.1 Å². The van der Waals surface area contributed by atoms with Gasteiger partial charge in [0.1, 0.15) is 23.9 Å². The average molecular weight is 276 g/mol. The maximum absolute atomic E-state index is 13.7. The molecule has 3 nitrogen and oxygen atoms in total. The van der Waals surface area contributed by atoms with Crippen LogP contribution in [0.25, 0.3) is 0 Å². The molecule has 1 N–H and O–H groups in total. The van der Waals surface area contributed by atoms with Gasteiger partial charge >= 0.3 is 0 Å². The first-order valence-corrected chi connectivity index (χ1v) is 6.33. The lowest BCUT2D eigenvalue weighted by Crippen LogP contribution is -1.99. The van der Waals surface area contributed by atoms with Crippen LogP contribution >= 0.6 is 0 Å². The van der Waals surface area contributed by atoms with Crippen LogP contribution in [0.2, 0.25) is 0 Å². The maximum Gasteiger partial charge on any atom is 0.133 e. The highest BCUT2D eigenvalue weighted by Crippen LogP contribution is 2.20. The Morgan fingerprint density at radius 1 is 1.10 bits per heavy atom. The van der Waals surface area contributed by atoms with Crippen molar-refractivity contribution >= 4 is 0 Å². The highest BCUT2D eigenvalue weighted by atomic mass is 19.1. The summed E-state index contributed by atoms with van der Waals surface area (Å²) in [5.41, 5.74) is 1.28. The summed E-state index contributed by atoms with van der Waals surface area (Å²) in [7, 11) is 1.49. The molecule has 0 unspecified atom stereocenters. The Morgan fingerprint density at radius 2 is 1.75 bits per heavy atom. The van der Waals surface area contributed by atoms with Crippen LogP contribution in [-0.2, 0) is 6.61 Å². The van der Waals surface area contributed by atoms with Gasteiger partial charge in [0.2, 0.25) is 0 Å². The lowest BCUT2D eigenvalue weighted by molar-refractivity contribution is 0.199. The van der Waals surface area contributed by atoms with Crippen LogP contribution in [-0.4, -0.2) is 12.2 Å². The molecule has 0 aliphatic rings. The molecule has 0 saturated carbocycles. The summed E-state index contributed by atoms with van der Waals surface area (Å²) in [5.74, 6) is 0.752. The number of halogens is 1. The minimum absolute atomic E-state index is 0.143. The third-order valence-corrected chi connectivity index (χ3v) is 3.02. The van der Waals surface area contributed by atoms with E-state index in [-0.39, 0.29) is 12.4 Å². The van der Waals surface area contributed by atoms with E-state index in [0.717, 1.165) is 5.56 Å². The molecule has 20 heavy (non-hydrogen) atoms. The van der Waals surface area contributed by atoms with E-state index in [2.05, 4.69) is 0 Å². The fraction of sp³-hybridized carbons (Fsp3) is 0.250. The lowest BCUT2D eigenvalue weighted by atomic mass is 10.1. The van der Waals surface area contributed by atoms with E-state index >= 15 is 0 Å². The van der Waals surface area contributed by atoms with Gasteiger partial charge in [-0.1, -0.05) is 12.1 Å². The molecule has 4 heteroatoms. The molecule has 2 rings (SSSR count). The molecule has 0 saturated heterocycles. The number of aliphatic hydroxyl groups is 1. The Balaban J connectivity index is 2.01. The van der Waals surface area contributed by atoms with Gasteiger partial charge in [0.15, 0.2) is 0 Å². The summed E-state index contributed by atoms with van der Waals surface area (Å²) < 4.78 is 24.2. The van der Waals surface area contributed by atoms with Gasteiger partial charge in [-0.3, -0.25) is 0 Å². The Bertz CT molecular complexity index is 564. The predicted molar refractivity (Wildman–Crippen MR) is 74.4 cm³/mol. The summed E-state index contributed by atoms with van der Waals surface area (Å²) in [5, 5.41) is 9.41. The maximum atomic E-state index is 13.7. The van der Waals surface area contributed by atoms with Gasteiger partial charge in [-0.25, -0.2) is 4.39 Å². The molecule has 0 bridgehead atoms. The van der Waals surface area contributed by atoms with Crippen molar-refractivity contribution < 1.29 is 19.0 Å². The Morgan fingerprint density at radius 3 is 2.30 bits per heavy atom. The fourth-order valence-electron chi connectivity index (χ4n) is 1.78. The molecule has 0 amide bonds. The van der Waals surface area contributed by atoms with Crippen LogP contribution in [0.5, 0.6) is 11.5 Å². The minimum atomic E-state index is -0.511. The van der Waals surface area contributed by atoms with Crippen molar-refractivity contribution in [1.82, 2.24) is 0 Å². The quantitative estimate of drug-likeness (QED) is 0.908. The lowest BCUT2D eigenvalue weighted by Gasteiger charge is -2.10. The summed E-state index contributed by atoms with van der Waals surface area (Å²) in [6.07, 6.45) is -0.511. The van der Waals surface area contributed by atoms with Crippen LogP contribution in [0.3, 0.4) is 0 Å². The molecule has 1 atom stereocenters. The number of ether oxygens (including phenoxy) is 2. The first-order chi connectivity index (χ1) is 9.60. The second-order valence-corrected chi connectivity index (χ2v) is 4.49. The molecule has 0 aliphatic heterocycles. The summed E-state index contributed by atoms with van der Waals surface area (Å²) >= 11 is 0. The second kappa shape index (κ2) is 6.39. The van der Waals surface area contributed by atoms with Crippen molar-refractivity contribution in [1.29, 1.82) is 0 Å². The van der Waals surface area contributed by atoms with Crippen molar-refractivity contribution in [2.24, 2.45) is 0 Å². The zero-order valence-corrected chi connectivity index (χ0v) is 11.5. The highest BCUT2D eigenvalue weighted by molar-refractivity contribution is 5.31. The van der Waals surface area contributed by atoms with Crippen LogP contribution < -0.4 is 9.47 Å². The monoisotopic (exact) mass is 276 g/mol. The molecule has 0 radical (unpaired) electrons. The smallest absolute Gasteiger partial charge is 0.133 e. The fourth-order valence-corrected chi connectivity index (χ4v) is 1.78. The molecular weight excluding hydrogens is 259 g/mol. The van der Waals surface area contributed by atoms with Crippen molar-refractivity contribution in [2.45, 2.75) is 19.6 Å². The van der Waals surface area contributed by atoms with E-state index < -0.39 is 6.10 Å². The van der Waals surface area contributed by atoms with Crippen molar-refractivity contribution in [2.75, 3.05) is 7.11 Å². The number of benzene rings is 2. The van der Waals surface area contributed by atoms with Gasteiger partial charge < -0.3 is 14.6 Å². The zero-order valence-electron chi connectivity index (χ0n) is 11.5. The summed E-state index contributed by atoms with van der Waals surface area (Å²) in [6, 6.07) is 11.7. The molecule has 0 aromatic heterocycles. The first kappa shape index (κ1) is 14.3. The number of hydrogen-bond donors (Lipinski definition) is 1. The van der Waals surface area contributed by atoms with Crippen LogP contribution in [0.4, 0.5) is 4.39 Å². The van der Waals surface area contributed by atoms with Crippen LogP contribution in [0.15, 0.2) is 42.5 Å². The Kier molecular flexibility index (Phi) is 4.58. The van der Waals surface area contributed by atoms with E-state index in [9.17, 15) is 9.50 Å². The topological polar surface area (TPSA) is 38.7 Å². The number of methoxy groups -OCH3 is 1. The number of rotatable bonds is 5. The third kappa shape index (κ3) is 3.48. The van der Waals surface area contributed by atoms with Gasteiger partial charge in [-0.15, -0.1) is 0 Å². The minimum Gasteiger partial charge on any atom is -0.497 e. The van der Waals surface area contributed by atoms with E-state index in [1.807, 2.05) is 0 Å². The third-order valence-electron chi connectivity index (χ3n) is 3.02. The van der Waals surface area contributed by atoms with Crippen LogP contribution in [0.1, 0.15) is 24.2 Å². The van der Waals surface area contributed by atoms with E-state index in [4.69, 9.17) is 9.47 Å². The van der Waals surface area contributed by atoms with Crippen molar-refractivity contribution in [3.8, 4) is 11.5 Å². The average Bonchev–Trinajstić information content (AvgIpc) is 2.46. The Labute approximate surface area is 117 Å². The van der Waals surface area contributed by atoms with Gasteiger partial charge in [0.05, 0.1) is 13.2 Å². The van der Waals surface area contributed by atoms with Gasteiger partial charge in [-0.2, -0.15) is 0 Å². The van der Waals surface area contributed by atoms with E-state index in [1.165, 1.54) is 13.2 Å². The van der Waals surface area contributed by atoms with Crippen molar-refractivity contribution in [3.05, 3.63) is 59.4 Å². The van der Waals surface area contributed by atoms with Gasteiger partial charge in [0.25, 0.3) is 0 Å². The number of aliphatic hydroxyl groups excluding tert-OH is 1. The molecule has 0 heterocycles. The number of hydrogen-bond acceptors (Lipinski definition) is 3. The van der Waals surface area contributed by atoms with Gasteiger partial charge in [-0.05, 0) is 36.8 Å². The molecule has 0 fully saturated rings. The predicted octanol–water partition coefficient (Wildman–Crippen LogP) is 3.47. The molecular formula is C16H17FO3. The standard InChI is InChI=1S/C16H17FO3/c1-11(18)12-3-6-14(7-4-12)20-10-13-5-8-15(19-2)9-16(13)17/h3-9,11,18H,10H2,1-2H3/t11-/m1/s1. The molecule has 2 aromatic carbocycles. The summed E-state index contributed by atoms with van der Waals surface area (Å²) in [4.78, 5) is 0. The van der Waals surface area contributed by atoms with Gasteiger partial charge in [0, 0.05) is 11.6 Å². The molecule has 106 valence electrons. The molecule has 0 spiro atoms. The van der Waals surface area contributed by atoms with E-state index in [1.54, 1.807) is 43.3 Å². The second-order valence-electron chi connectivity index (χ2n) is 4.49. The van der Waals surface area contributed by atoms with Crippen molar-refractivity contribution in [3.63, 3.8) is 0 Å². The zero-order chi connectivity index (χ0) is 14.5. The molecule has 0 aliphatic carbocycles. The molecule has 2 aromatic rings. The highest BCUT2D eigenvalue weighted by Gasteiger charge is 2.06. The Hall–Kier alpha value is -2.07. The largest absolute Gasteiger partial charge is 0.497 e.